The van der Waals surface area contributed by atoms with Crippen molar-refractivity contribution in [2.45, 2.75) is 13.0 Å². The highest BCUT2D eigenvalue weighted by Crippen LogP contribution is 2.41. The van der Waals surface area contributed by atoms with Gasteiger partial charge in [-0.15, -0.1) is 0 Å². The zero-order valence-corrected chi connectivity index (χ0v) is 8.96. The second-order valence-corrected chi connectivity index (χ2v) is 4.22. The van der Waals surface area contributed by atoms with Crippen molar-refractivity contribution in [2.75, 3.05) is 21.3 Å². The Morgan fingerprint density at radius 2 is 1.77 bits per heavy atom. The van der Waals surface area contributed by atoms with Gasteiger partial charge in [-0.2, -0.15) is 0 Å². The van der Waals surface area contributed by atoms with E-state index in [9.17, 15) is 9.36 Å². The SMILES string of the molecule is COC(=O)[C@H](C)NP(=O)(OC)OC. The maximum absolute atomic E-state index is 11.4. The molecule has 0 amide bonds. The molecular weight excluding hydrogens is 197 g/mol. The number of methoxy groups -OCH3 is 1. The Bertz CT molecular complexity index is 211. The standard InChI is InChI=1S/C6H14NO5P/c1-5(6(8)10-2)7-13(9,11-3)12-4/h5H,1-4H3,(H,7,9)/t5-/m0/s1. The van der Waals surface area contributed by atoms with Gasteiger partial charge in [0.15, 0.2) is 0 Å². The third kappa shape index (κ3) is 3.87. The molecule has 6 nitrogen and oxygen atoms in total. The van der Waals surface area contributed by atoms with Gasteiger partial charge < -0.3 is 13.8 Å². The van der Waals surface area contributed by atoms with Crippen molar-refractivity contribution in [3.8, 4) is 0 Å². The molecule has 0 fully saturated rings. The molecule has 0 aliphatic carbocycles. The van der Waals surface area contributed by atoms with Gasteiger partial charge in [-0.1, -0.05) is 0 Å². The second-order valence-electron chi connectivity index (χ2n) is 2.24. The number of carbonyl (C=O) groups is 1. The van der Waals surface area contributed by atoms with Gasteiger partial charge in [0, 0.05) is 14.2 Å². The highest BCUT2D eigenvalue weighted by atomic mass is 31.2. The number of hydrogen-bond donors (Lipinski definition) is 1. The molecule has 0 aliphatic heterocycles. The van der Waals surface area contributed by atoms with Crippen LogP contribution in [0.4, 0.5) is 0 Å². The highest BCUT2D eigenvalue weighted by molar-refractivity contribution is 7.51. The van der Waals surface area contributed by atoms with Crippen LogP contribution < -0.4 is 5.09 Å². The van der Waals surface area contributed by atoms with Crippen LogP contribution in [0.2, 0.25) is 0 Å². The summed E-state index contributed by atoms with van der Waals surface area (Å²) >= 11 is 0. The molecule has 0 unspecified atom stereocenters. The molecule has 1 atom stereocenters. The summed E-state index contributed by atoms with van der Waals surface area (Å²) < 4.78 is 25.0. The van der Waals surface area contributed by atoms with Gasteiger partial charge in [-0.3, -0.25) is 4.79 Å². The van der Waals surface area contributed by atoms with Crippen LogP contribution >= 0.6 is 7.75 Å². The molecule has 0 aromatic rings. The fraction of sp³-hybridized carbons (Fsp3) is 0.833. The predicted molar refractivity (Wildman–Crippen MR) is 46.2 cm³/mol. The van der Waals surface area contributed by atoms with E-state index in [0.717, 1.165) is 0 Å². The minimum atomic E-state index is -3.36. The smallest absolute Gasteiger partial charge is 0.405 e. The summed E-state index contributed by atoms with van der Waals surface area (Å²) in [5.41, 5.74) is 0. The first-order chi connectivity index (χ1) is 5.99. The van der Waals surface area contributed by atoms with Crippen LogP contribution in [0.15, 0.2) is 0 Å². The van der Waals surface area contributed by atoms with Gasteiger partial charge in [0.1, 0.15) is 6.04 Å². The molecule has 78 valence electrons. The molecule has 0 saturated heterocycles. The minimum absolute atomic E-state index is 0.533. The fourth-order valence-electron chi connectivity index (χ4n) is 0.647. The molecule has 0 aromatic carbocycles. The van der Waals surface area contributed by atoms with Gasteiger partial charge in [0.05, 0.1) is 7.11 Å². The summed E-state index contributed by atoms with van der Waals surface area (Å²) in [7, 11) is 0.333. The van der Waals surface area contributed by atoms with Crippen molar-refractivity contribution in [3.63, 3.8) is 0 Å². The van der Waals surface area contributed by atoms with Gasteiger partial charge in [-0.25, -0.2) is 9.65 Å². The summed E-state index contributed by atoms with van der Waals surface area (Å²) in [4.78, 5) is 10.9. The van der Waals surface area contributed by atoms with Crippen LogP contribution in [0.5, 0.6) is 0 Å². The Morgan fingerprint density at radius 1 is 1.31 bits per heavy atom. The molecule has 1 N–H and O–H groups in total. The van der Waals surface area contributed by atoms with E-state index in [4.69, 9.17) is 0 Å². The van der Waals surface area contributed by atoms with Crippen LogP contribution in [0.25, 0.3) is 0 Å². The summed E-state index contributed by atoms with van der Waals surface area (Å²) in [6.45, 7) is 1.50. The van der Waals surface area contributed by atoms with Crippen molar-refractivity contribution in [1.29, 1.82) is 0 Å². The van der Waals surface area contributed by atoms with E-state index < -0.39 is 19.8 Å². The molecule has 0 heterocycles. The number of rotatable bonds is 5. The van der Waals surface area contributed by atoms with Crippen LogP contribution in [0, 0.1) is 0 Å². The normalized spacial score (nSPS) is 13.8. The van der Waals surface area contributed by atoms with Crippen LogP contribution in [-0.2, 0) is 23.1 Å². The average Bonchev–Trinajstić information content (AvgIpc) is 2.16. The molecule has 0 aliphatic rings. The molecule has 7 heteroatoms. The lowest BCUT2D eigenvalue weighted by Gasteiger charge is -2.18. The Kier molecular flexibility index (Phi) is 5.17. The predicted octanol–water partition coefficient (Wildman–Crippen LogP) is 0.538. The number of carbonyl (C=O) groups excluding carboxylic acids is 1. The van der Waals surface area contributed by atoms with E-state index in [1.54, 1.807) is 0 Å². The van der Waals surface area contributed by atoms with Crippen molar-refractivity contribution in [3.05, 3.63) is 0 Å². The summed E-state index contributed by atoms with van der Waals surface area (Å²) in [5.74, 6) is -0.533. The summed E-state index contributed by atoms with van der Waals surface area (Å²) in [6, 6.07) is -0.740. The first-order valence-electron chi connectivity index (χ1n) is 3.56. The minimum Gasteiger partial charge on any atom is -0.468 e. The van der Waals surface area contributed by atoms with E-state index in [2.05, 4.69) is 18.9 Å². The highest BCUT2D eigenvalue weighted by Gasteiger charge is 2.27. The van der Waals surface area contributed by atoms with Crippen LogP contribution in [-0.4, -0.2) is 33.3 Å². The van der Waals surface area contributed by atoms with E-state index in [1.165, 1.54) is 28.3 Å². The number of hydrogen-bond acceptors (Lipinski definition) is 5. The van der Waals surface area contributed by atoms with E-state index in [-0.39, 0.29) is 0 Å². The van der Waals surface area contributed by atoms with Crippen molar-refractivity contribution in [1.82, 2.24) is 5.09 Å². The lowest BCUT2D eigenvalue weighted by Crippen LogP contribution is -2.33. The first-order valence-corrected chi connectivity index (χ1v) is 5.10. The maximum atomic E-state index is 11.4. The van der Waals surface area contributed by atoms with Gasteiger partial charge in [-0.05, 0) is 6.92 Å². The van der Waals surface area contributed by atoms with Crippen molar-refractivity contribution < 1.29 is 23.1 Å². The quantitative estimate of drug-likeness (QED) is 0.528. The third-order valence-corrected chi connectivity index (χ3v) is 3.05. The molecule has 0 saturated carbocycles. The summed E-state index contributed by atoms with van der Waals surface area (Å²) in [6.07, 6.45) is 0. The second kappa shape index (κ2) is 5.34. The molecule has 0 aromatic heterocycles. The average molecular weight is 211 g/mol. The Balaban J connectivity index is 4.25. The lowest BCUT2D eigenvalue weighted by molar-refractivity contribution is -0.142. The van der Waals surface area contributed by atoms with Gasteiger partial charge in [0.25, 0.3) is 0 Å². The van der Waals surface area contributed by atoms with E-state index >= 15 is 0 Å². The fourth-order valence-corrected chi connectivity index (χ4v) is 1.59. The molecule has 13 heavy (non-hydrogen) atoms. The number of nitrogens with one attached hydrogen (secondary N) is 1. The molecular formula is C6H14NO5P. The number of ether oxygens (including phenoxy) is 1. The largest absolute Gasteiger partial charge is 0.468 e. The van der Waals surface area contributed by atoms with Crippen LogP contribution in [0.3, 0.4) is 0 Å². The molecule has 0 rings (SSSR count). The monoisotopic (exact) mass is 211 g/mol. The Morgan fingerprint density at radius 3 is 2.08 bits per heavy atom. The van der Waals surface area contributed by atoms with E-state index in [1.807, 2.05) is 0 Å². The zero-order valence-electron chi connectivity index (χ0n) is 8.07. The molecule has 0 bridgehead atoms. The zero-order chi connectivity index (χ0) is 10.5. The topological polar surface area (TPSA) is 73.9 Å². The van der Waals surface area contributed by atoms with E-state index in [0.29, 0.717) is 0 Å². The summed E-state index contributed by atoms with van der Waals surface area (Å²) in [5, 5.41) is 2.38. The Labute approximate surface area is 77.1 Å². The Hall–Kier alpha value is -0.420. The van der Waals surface area contributed by atoms with Crippen molar-refractivity contribution in [2.24, 2.45) is 0 Å². The molecule has 0 radical (unpaired) electrons. The number of esters is 1. The van der Waals surface area contributed by atoms with Crippen molar-refractivity contribution >= 4 is 13.7 Å². The first kappa shape index (κ1) is 12.6. The van der Waals surface area contributed by atoms with Gasteiger partial charge in [0.2, 0.25) is 0 Å². The third-order valence-electron chi connectivity index (χ3n) is 1.39. The molecule has 0 spiro atoms. The lowest BCUT2D eigenvalue weighted by atomic mass is 10.4. The van der Waals surface area contributed by atoms with Gasteiger partial charge >= 0.3 is 13.7 Å². The van der Waals surface area contributed by atoms with Crippen LogP contribution in [0.1, 0.15) is 6.92 Å². The maximum Gasteiger partial charge on any atom is 0.405 e.